The van der Waals surface area contributed by atoms with Crippen LogP contribution in [0.4, 0.5) is 0 Å². The minimum Gasteiger partial charge on any atom is -0.504 e. The van der Waals surface area contributed by atoms with Gasteiger partial charge in [-0.25, -0.2) is 0 Å². The van der Waals surface area contributed by atoms with E-state index in [0.29, 0.717) is 12.4 Å². The van der Waals surface area contributed by atoms with Crippen molar-refractivity contribution in [2.75, 3.05) is 0 Å². The third-order valence-electron chi connectivity index (χ3n) is 2.08. The molecule has 0 aliphatic rings. The monoisotopic (exact) mass is 217 g/mol. The van der Waals surface area contributed by atoms with Gasteiger partial charge in [-0.05, 0) is 29.8 Å². The fourth-order valence-electron chi connectivity index (χ4n) is 1.26. The molecule has 16 heavy (non-hydrogen) atoms. The molecular weight excluding hydrogens is 206 g/mol. The predicted molar refractivity (Wildman–Crippen MR) is 58.3 cm³/mol. The Morgan fingerprint density at radius 2 is 2.00 bits per heavy atom. The van der Waals surface area contributed by atoms with Crippen molar-refractivity contribution in [1.29, 1.82) is 0 Å². The SMILES string of the molecule is Oc1ccc(COc2cccnc2)cc1O. The number of ether oxygens (including phenoxy) is 1. The largest absolute Gasteiger partial charge is 0.504 e. The van der Waals surface area contributed by atoms with E-state index in [0.717, 1.165) is 5.56 Å². The Hall–Kier alpha value is -2.23. The molecule has 1 aromatic carbocycles. The second-order valence-corrected chi connectivity index (χ2v) is 3.30. The van der Waals surface area contributed by atoms with Gasteiger partial charge < -0.3 is 14.9 Å². The van der Waals surface area contributed by atoms with E-state index in [4.69, 9.17) is 9.84 Å². The normalized spacial score (nSPS) is 10.0. The number of aromatic nitrogens is 1. The highest BCUT2D eigenvalue weighted by Crippen LogP contribution is 2.25. The van der Waals surface area contributed by atoms with Crippen molar-refractivity contribution in [3.8, 4) is 17.2 Å². The van der Waals surface area contributed by atoms with E-state index in [1.165, 1.54) is 12.1 Å². The van der Waals surface area contributed by atoms with Crippen LogP contribution >= 0.6 is 0 Å². The molecule has 1 heterocycles. The number of hydrogen-bond acceptors (Lipinski definition) is 4. The number of rotatable bonds is 3. The molecule has 2 N–H and O–H groups in total. The summed E-state index contributed by atoms with van der Waals surface area (Å²) in [5.41, 5.74) is 0.777. The smallest absolute Gasteiger partial charge is 0.157 e. The van der Waals surface area contributed by atoms with Crippen LogP contribution in [0.2, 0.25) is 0 Å². The van der Waals surface area contributed by atoms with Crippen LogP contribution in [0.5, 0.6) is 17.2 Å². The van der Waals surface area contributed by atoms with Crippen molar-refractivity contribution in [3.05, 3.63) is 48.3 Å². The molecule has 4 nitrogen and oxygen atoms in total. The van der Waals surface area contributed by atoms with Crippen LogP contribution < -0.4 is 4.74 Å². The first-order valence-electron chi connectivity index (χ1n) is 4.79. The van der Waals surface area contributed by atoms with Crippen molar-refractivity contribution in [2.24, 2.45) is 0 Å². The van der Waals surface area contributed by atoms with Gasteiger partial charge in [0.1, 0.15) is 12.4 Å². The summed E-state index contributed by atoms with van der Waals surface area (Å²) in [7, 11) is 0. The lowest BCUT2D eigenvalue weighted by molar-refractivity contribution is 0.303. The molecule has 0 aliphatic heterocycles. The maximum atomic E-state index is 9.28. The highest BCUT2D eigenvalue weighted by atomic mass is 16.5. The van der Waals surface area contributed by atoms with E-state index in [1.807, 2.05) is 0 Å². The Balaban J connectivity index is 2.03. The quantitative estimate of drug-likeness (QED) is 0.772. The number of phenols is 2. The van der Waals surface area contributed by atoms with Gasteiger partial charge >= 0.3 is 0 Å². The molecule has 0 saturated heterocycles. The Labute approximate surface area is 92.8 Å². The number of hydrogen-bond donors (Lipinski definition) is 2. The standard InChI is InChI=1S/C12H11NO3/c14-11-4-3-9(6-12(11)15)8-16-10-2-1-5-13-7-10/h1-7,14-15H,8H2. The molecule has 0 fully saturated rings. The van der Waals surface area contributed by atoms with E-state index in [-0.39, 0.29) is 11.5 Å². The molecule has 0 amide bonds. The minimum atomic E-state index is -0.146. The zero-order valence-electron chi connectivity index (χ0n) is 8.50. The van der Waals surface area contributed by atoms with Gasteiger partial charge in [-0.3, -0.25) is 4.98 Å². The van der Waals surface area contributed by atoms with Crippen LogP contribution in [-0.2, 0) is 6.61 Å². The highest BCUT2D eigenvalue weighted by molar-refractivity contribution is 5.40. The molecule has 4 heteroatoms. The van der Waals surface area contributed by atoms with Gasteiger partial charge in [-0.1, -0.05) is 6.07 Å². The molecule has 0 aliphatic carbocycles. The summed E-state index contributed by atoms with van der Waals surface area (Å²) in [4.78, 5) is 3.91. The van der Waals surface area contributed by atoms with Gasteiger partial charge in [0.25, 0.3) is 0 Å². The van der Waals surface area contributed by atoms with Gasteiger partial charge in [-0.2, -0.15) is 0 Å². The molecule has 0 unspecified atom stereocenters. The Bertz CT molecular complexity index is 471. The first kappa shape index (κ1) is 10.3. The molecule has 0 radical (unpaired) electrons. The van der Waals surface area contributed by atoms with E-state index >= 15 is 0 Å². The van der Waals surface area contributed by atoms with Gasteiger partial charge in [-0.15, -0.1) is 0 Å². The van der Waals surface area contributed by atoms with Crippen LogP contribution in [-0.4, -0.2) is 15.2 Å². The predicted octanol–water partition coefficient (Wildman–Crippen LogP) is 2.07. The van der Waals surface area contributed by atoms with E-state index < -0.39 is 0 Å². The van der Waals surface area contributed by atoms with Crippen molar-refractivity contribution >= 4 is 0 Å². The van der Waals surface area contributed by atoms with Gasteiger partial charge in [0.05, 0.1) is 6.20 Å². The van der Waals surface area contributed by atoms with Crippen LogP contribution in [0.15, 0.2) is 42.7 Å². The van der Waals surface area contributed by atoms with Gasteiger partial charge in [0, 0.05) is 6.20 Å². The van der Waals surface area contributed by atoms with Crippen LogP contribution in [0, 0.1) is 0 Å². The number of nitrogens with zero attached hydrogens (tertiary/aromatic N) is 1. The Kier molecular flexibility index (Phi) is 2.91. The minimum absolute atomic E-state index is 0.134. The highest BCUT2D eigenvalue weighted by Gasteiger charge is 2.01. The number of benzene rings is 1. The molecule has 2 rings (SSSR count). The van der Waals surface area contributed by atoms with Gasteiger partial charge in [0.2, 0.25) is 0 Å². The molecular formula is C12H11NO3. The maximum Gasteiger partial charge on any atom is 0.157 e. The molecule has 82 valence electrons. The molecule has 0 atom stereocenters. The summed E-state index contributed by atoms with van der Waals surface area (Å²) in [6.45, 7) is 0.319. The van der Waals surface area contributed by atoms with Crippen LogP contribution in [0.25, 0.3) is 0 Å². The lowest BCUT2D eigenvalue weighted by atomic mass is 10.2. The van der Waals surface area contributed by atoms with Crippen LogP contribution in [0.1, 0.15) is 5.56 Å². The third kappa shape index (κ3) is 2.42. The average Bonchev–Trinajstić information content (AvgIpc) is 2.32. The van der Waals surface area contributed by atoms with E-state index in [1.54, 1.807) is 30.6 Å². The lowest BCUT2D eigenvalue weighted by Gasteiger charge is -2.06. The summed E-state index contributed by atoms with van der Waals surface area (Å²) >= 11 is 0. The van der Waals surface area contributed by atoms with Crippen molar-refractivity contribution in [3.63, 3.8) is 0 Å². The first-order valence-corrected chi connectivity index (χ1v) is 4.79. The van der Waals surface area contributed by atoms with Gasteiger partial charge in [0.15, 0.2) is 11.5 Å². The van der Waals surface area contributed by atoms with E-state index in [9.17, 15) is 5.11 Å². The fraction of sp³-hybridized carbons (Fsp3) is 0.0833. The Morgan fingerprint density at radius 1 is 1.12 bits per heavy atom. The Morgan fingerprint density at radius 3 is 2.69 bits per heavy atom. The summed E-state index contributed by atoms with van der Waals surface area (Å²) < 4.78 is 5.43. The number of pyridine rings is 1. The average molecular weight is 217 g/mol. The topological polar surface area (TPSA) is 62.6 Å². The second kappa shape index (κ2) is 4.53. The summed E-state index contributed by atoms with van der Waals surface area (Å²) in [6.07, 6.45) is 3.28. The van der Waals surface area contributed by atoms with Crippen LogP contribution in [0.3, 0.4) is 0 Å². The summed E-state index contributed by atoms with van der Waals surface area (Å²) in [6, 6.07) is 8.16. The molecule has 0 bridgehead atoms. The maximum absolute atomic E-state index is 9.28. The molecule has 0 saturated carbocycles. The lowest BCUT2D eigenvalue weighted by Crippen LogP contribution is -1.95. The third-order valence-corrected chi connectivity index (χ3v) is 2.08. The summed E-state index contributed by atoms with van der Waals surface area (Å²) in [5.74, 6) is 0.382. The van der Waals surface area contributed by atoms with Crippen molar-refractivity contribution in [1.82, 2.24) is 4.98 Å². The summed E-state index contributed by atoms with van der Waals surface area (Å²) in [5, 5.41) is 18.4. The zero-order valence-corrected chi connectivity index (χ0v) is 8.50. The van der Waals surface area contributed by atoms with Crippen molar-refractivity contribution < 1.29 is 14.9 Å². The first-order chi connectivity index (χ1) is 7.75. The second-order valence-electron chi connectivity index (χ2n) is 3.30. The number of aromatic hydroxyl groups is 2. The fourth-order valence-corrected chi connectivity index (χ4v) is 1.26. The van der Waals surface area contributed by atoms with Crippen molar-refractivity contribution in [2.45, 2.75) is 6.61 Å². The number of phenolic OH excluding ortho intramolecular Hbond substituents is 2. The molecule has 2 aromatic rings. The van der Waals surface area contributed by atoms with E-state index in [2.05, 4.69) is 4.98 Å². The molecule has 1 aromatic heterocycles. The zero-order chi connectivity index (χ0) is 11.4. The molecule has 0 spiro atoms.